The number of nitrogen functional groups attached to an aromatic ring is 1. The van der Waals surface area contributed by atoms with Crippen LogP contribution in [0.5, 0.6) is 0 Å². The molecule has 8 nitrogen and oxygen atoms in total. The first kappa shape index (κ1) is 17.5. The molecule has 0 saturated heterocycles. The van der Waals surface area contributed by atoms with E-state index in [2.05, 4.69) is 15.0 Å². The highest BCUT2D eigenvalue weighted by Gasteiger charge is 2.20. The molecular weight excluding hydrogens is 356 g/mol. The Hall–Kier alpha value is -3.94. The molecule has 28 heavy (non-hydrogen) atoms. The van der Waals surface area contributed by atoms with Crippen molar-refractivity contribution in [3.8, 4) is 5.82 Å². The monoisotopic (exact) mass is 374 g/mol. The van der Waals surface area contributed by atoms with Gasteiger partial charge in [0.05, 0.1) is 29.4 Å². The lowest BCUT2D eigenvalue weighted by molar-refractivity contribution is 0.0601. The van der Waals surface area contributed by atoms with Crippen LogP contribution in [0, 0.1) is 0 Å². The lowest BCUT2D eigenvalue weighted by Gasteiger charge is -2.22. The number of nitrogens with two attached hydrogens (primary N) is 1. The van der Waals surface area contributed by atoms with Crippen molar-refractivity contribution in [2.75, 3.05) is 24.8 Å². The molecule has 0 bridgehead atoms. The molecule has 0 spiro atoms. The first-order chi connectivity index (χ1) is 13.6. The van der Waals surface area contributed by atoms with Gasteiger partial charge in [-0.2, -0.15) is 0 Å². The molecule has 0 atom stereocenters. The number of fused-ring (bicyclic) bond motifs is 1. The second-order valence-corrected chi connectivity index (χ2v) is 6.11. The van der Waals surface area contributed by atoms with E-state index in [0.717, 1.165) is 11.0 Å². The number of methoxy groups -OCH3 is 1. The summed E-state index contributed by atoms with van der Waals surface area (Å²) in [6.45, 7) is 0. The summed E-state index contributed by atoms with van der Waals surface area (Å²) >= 11 is 0. The molecule has 0 radical (unpaired) electrons. The highest BCUT2D eigenvalue weighted by Crippen LogP contribution is 2.32. The van der Waals surface area contributed by atoms with E-state index in [-0.39, 0.29) is 0 Å². The summed E-state index contributed by atoms with van der Waals surface area (Å²) in [5.41, 5.74) is 9.57. The molecule has 0 saturated carbocycles. The zero-order valence-electron chi connectivity index (χ0n) is 15.4. The number of aromatic nitrogens is 4. The summed E-state index contributed by atoms with van der Waals surface area (Å²) in [6.07, 6.45) is 3.11. The van der Waals surface area contributed by atoms with Crippen LogP contribution in [0.1, 0.15) is 10.4 Å². The fourth-order valence-electron chi connectivity index (χ4n) is 3.13. The Labute approximate surface area is 161 Å². The van der Waals surface area contributed by atoms with Crippen molar-refractivity contribution >= 4 is 34.2 Å². The number of para-hydroxylation sites is 3. The standard InChI is InChI=1S/C20H18N6O2/c1-25(15-9-5-3-7-13(15)20(27)28-2)18-17(21)19(23-11-22-18)26-12-24-14-8-4-6-10-16(14)26/h3-12H,21H2,1-2H3. The van der Waals surface area contributed by atoms with Crippen LogP contribution in [0.15, 0.2) is 61.2 Å². The lowest BCUT2D eigenvalue weighted by atomic mass is 10.1. The van der Waals surface area contributed by atoms with E-state index >= 15 is 0 Å². The Balaban J connectivity index is 1.83. The van der Waals surface area contributed by atoms with E-state index in [1.54, 1.807) is 36.5 Å². The molecule has 0 aliphatic carbocycles. The molecule has 2 aromatic heterocycles. The summed E-state index contributed by atoms with van der Waals surface area (Å²) in [4.78, 5) is 26.9. The number of hydrogen-bond donors (Lipinski definition) is 1. The minimum Gasteiger partial charge on any atom is -0.465 e. The van der Waals surface area contributed by atoms with Gasteiger partial charge in [0.1, 0.15) is 18.3 Å². The maximum Gasteiger partial charge on any atom is 0.339 e. The predicted molar refractivity (Wildman–Crippen MR) is 107 cm³/mol. The van der Waals surface area contributed by atoms with Gasteiger partial charge in [-0.25, -0.2) is 19.7 Å². The second-order valence-electron chi connectivity index (χ2n) is 6.11. The van der Waals surface area contributed by atoms with Gasteiger partial charge in [-0.1, -0.05) is 24.3 Å². The van der Waals surface area contributed by atoms with Crippen molar-refractivity contribution in [1.82, 2.24) is 19.5 Å². The average Bonchev–Trinajstić information content (AvgIpc) is 3.17. The number of anilines is 3. The largest absolute Gasteiger partial charge is 0.465 e. The van der Waals surface area contributed by atoms with Gasteiger partial charge < -0.3 is 15.4 Å². The van der Waals surface area contributed by atoms with E-state index in [1.807, 2.05) is 34.9 Å². The van der Waals surface area contributed by atoms with E-state index in [1.165, 1.54) is 13.4 Å². The first-order valence-electron chi connectivity index (χ1n) is 8.56. The van der Waals surface area contributed by atoms with Crippen LogP contribution in [0.3, 0.4) is 0 Å². The number of benzene rings is 2. The molecule has 2 heterocycles. The SMILES string of the molecule is COC(=O)c1ccccc1N(C)c1ncnc(-n2cnc3ccccc32)c1N. The molecule has 0 unspecified atom stereocenters. The van der Waals surface area contributed by atoms with Gasteiger partial charge in [-0.05, 0) is 24.3 Å². The fourth-order valence-corrected chi connectivity index (χ4v) is 3.13. The molecule has 2 aromatic carbocycles. The van der Waals surface area contributed by atoms with Crippen LogP contribution < -0.4 is 10.6 Å². The van der Waals surface area contributed by atoms with Crippen molar-refractivity contribution in [1.29, 1.82) is 0 Å². The number of esters is 1. The average molecular weight is 374 g/mol. The molecular formula is C20H18N6O2. The Morgan fingerprint density at radius 1 is 1.07 bits per heavy atom. The zero-order chi connectivity index (χ0) is 19.7. The minimum atomic E-state index is -0.434. The third-order valence-corrected chi connectivity index (χ3v) is 4.51. The number of imidazole rings is 1. The molecule has 4 aromatic rings. The van der Waals surface area contributed by atoms with Crippen LogP contribution in [0.25, 0.3) is 16.9 Å². The van der Waals surface area contributed by atoms with Gasteiger partial charge >= 0.3 is 5.97 Å². The summed E-state index contributed by atoms with van der Waals surface area (Å²) < 4.78 is 6.70. The van der Waals surface area contributed by atoms with Crippen LogP contribution >= 0.6 is 0 Å². The number of carbonyl (C=O) groups is 1. The van der Waals surface area contributed by atoms with Crippen LogP contribution in [-0.4, -0.2) is 39.6 Å². The molecule has 0 amide bonds. The highest BCUT2D eigenvalue weighted by atomic mass is 16.5. The van der Waals surface area contributed by atoms with Crippen LogP contribution in [-0.2, 0) is 4.74 Å². The Morgan fingerprint density at radius 2 is 1.82 bits per heavy atom. The fraction of sp³-hybridized carbons (Fsp3) is 0.100. The topological polar surface area (TPSA) is 99.2 Å². The third-order valence-electron chi connectivity index (χ3n) is 4.51. The molecule has 0 aliphatic heterocycles. The quantitative estimate of drug-likeness (QED) is 0.548. The maximum atomic E-state index is 12.1. The van der Waals surface area contributed by atoms with E-state index < -0.39 is 5.97 Å². The molecule has 8 heteroatoms. The Bertz CT molecular complexity index is 1170. The number of hydrogen-bond acceptors (Lipinski definition) is 7. The smallest absolute Gasteiger partial charge is 0.339 e. The van der Waals surface area contributed by atoms with Crippen molar-refractivity contribution in [3.63, 3.8) is 0 Å². The Kier molecular flexibility index (Phi) is 4.36. The summed E-state index contributed by atoms with van der Waals surface area (Å²) in [7, 11) is 3.14. The highest BCUT2D eigenvalue weighted by molar-refractivity contribution is 5.97. The molecule has 140 valence electrons. The van der Waals surface area contributed by atoms with E-state index in [0.29, 0.717) is 28.6 Å². The normalized spacial score (nSPS) is 10.8. The van der Waals surface area contributed by atoms with Crippen molar-refractivity contribution in [2.24, 2.45) is 0 Å². The number of rotatable bonds is 4. The summed E-state index contributed by atoms with van der Waals surface area (Å²) in [6, 6.07) is 14.8. The van der Waals surface area contributed by atoms with Crippen molar-refractivity contribution < 1.29 is 9.53 Å². The molecule has 0 aliphatic rings. The van der Waals surface area contributed by atoms with E-state index in [9.17, 15) is 4.79 Å². The van der Waals surface area contributed by atoms with Crippen molar-refractivity contribution in [3.05, 3.63) is 66.7 Å². The zero-order valence-corrected chi connectivity index (χ0v) is 15.4. The Morgan fingerprint density at radius 3 is 2.64 bits per heavy atom. The van der Waals surface area contributed by atoms with Crippen LogP contribution in [0.4, 0.5) is 17.2 Å². The van der Waals surface area contributed by atoms with Gasteiger partial charge in [0.25, 0.3) is 0 Å². The van der Waals surface area contributed by atoms with Gasteiger partial charge in [0.2, 0.25) is 0 Å². The van der Waals surface area contributed by atoms with Gasteiger partial charge in [-0.3, -0.25) is 4.57 Å². The maximum absolute atomic E-state index is 12.1. The molecule has 0 fully saturated rings. The second kappa shape index (κ2) is 6.99. The minimum absolute atomic E-state index is 0.368. The molecule has 4 rings (SSSR count). The van der Waals surface area contributed by atoms with E-state index in [4.69, 9.17) is 10.5 Å². The lowest BCUT2D eigenvalue weighted by Crippen LogP contribution is -2.18. The summed E-state index contributed by atoms with van der Waals surface area (Å²) in [5, 5.41) is 0. The summed E-state index contributed by atoms with van der Waals surface area (Å²) in [5.74, 6) is 0.552. The third kappa shape index (κ3) is 2.81. The van der Waals surface area contributed by atoms with Gasteiger partial charge in [0, 0.05) is 7.05 Å². The number of carbonyl (C=O) groups excluding carboxylic acids is 1. The number of nitrogens with zero attached hydrogens (tertiary/aromatic N) is 5. The van der Waals surface area contributed by atoms with Gasteiger partial charge in [0.15, 0.2) is 11.6 Å². The van der Waals surface area contributed by atoms with Gasteiger partial charge in [-0.15, -0.1) is 0 Å². The number of ether oxygens (including phenoxy) is 1. The van der Waals surface area contributed by atoms with Crippen LogP contribution in [0.2, 0.25) is 0 Å². The molecule has 2 N–H and O–H groups in total. The first-order valence-corrected chi connectivity index (χ1v) is 8.56. The predicted octanol–water partition coefficient (Wildman–Crippen LogP) is 2.95. The van der Waals surface area contributed by atoms with Crippen molar-refractivity contribution in [2.45, 2.75) is 0 Å².